The number of nitrogens with zero attached hydrogens (tertiary/aromatic N) is 3. The third kappa shape index (κ3) is 3.89. The van der Waals surface area contributed by atoms with E-state index in [-0.39, 0.29) is 11.9 Å². The number of hydrogen-bond acceptors (Lipinski definition) is 4. The lowest BCUT2D eigenvalue weighted by Gasteiger charge is -2.32. The topological polar surface area (TPSA) is 38.2 Å². The molecule has 0 bridgehead atoms. The number of hydrogen-bond donors (Lipinski definition) is 0. The van der Waals surface area contributed by atoms with Crippen LogP contribution in [0.1, 0.15) is 28.9 Å². The van der Waals surface area contributed by atoms with Gasteiger partial charge in [0.05, 0.1) is 12.3 Å². The Kier molecular flexibility index (Phi) is 4.63. The van der Waals surface area contributed by atoms with E-state index in [1.807, 2.05) is 19.9 Å². The first-order chi connectivity index (χ1) is 11.0. The van der Waals surface area contributed by atoms with E-state index in [4.69, 9.17) is 4.74 Å². The molecule has 1 saturated heterocycles. The first-order valence-corrected chi connectivity index (χ1v) is 7.61. The van der Waals surface area contributed by atoms with E-state index in [1.54, 1.807) is 0 Å². The summed E-state index contributed by atoms with van der Waals surface area (Å²) >= 11 is 0. The highest BCUT2D eigenvalue weighted by Gasteiger charge is 2.24. The van der Waals surface area contributed by atoms with E-state index in [1.165, 1.54) is 12.1 Å². The lowest BCUT2D eigenvalue weighted by Crippen LogP contribution is -2.38. The standard InChI is InChI=1S/C17H19F2N3O/c1-11-7-16(21-12(2)20-11)17-10-22(5-6-23-17)9-13-8-14(18)3-4-15(13)19/h3-4,7-8,17H,5-6,9-10H2,1-2H3. The minimum absolute atomic E-state index is 0.180. The quantitative estimate of drug-likeness (QED) is 0.872. The smallest absolute Gasteiger partial charge is 0.127 e. The summed E-state index contributed by atoms with van der Waals surface area (Å²) in [7, 11) is 0. The number of ether oxygens (including phenoxy) is 1. The fourth-order valence-electron chi connectivity index (χ4n) is 2.84. The Morgan fingerprint density at radius 1 is 1.22 bits per heavy atom. The molecular formula is C17H19F2N3O. The van der Waals surface area contributed by atoms with Gasteiger partial charge in [-0.3, -0.25) is 4.90 Å². The molecular weight excluding hydrogens is 300 g/mol. The molecule has 1 atom stereocenters. The van der Waals surface area contributed by atoms with Gasteiger partial charge in [0.1, 0.15) is 23.6 Å². The molecule has 0 N–H and O–H groups in total. The second-order valence-electron chi connectivity index (χ2n) is 5.81. The summed E-state index contributed by atoms with van der Waals surface area (Å²) in [5, 5.41) is 0. The van der Waals surface area contributed by atoms with Gasteiger partial charge in [0.15, 0.2) is 0 Å². The molecule has 1 aromatic heterocycles. The first-order valence-electron chi connectivity index (χ1n) is 7.61. The third-order valence-corrected chi connectivity index (χ3v) is 3.87. The number of halogens is 2. The van der Waals surface area contributed by atoms with Crippen LogP contribution in [-0.4, -0.2) is 34.6 Å². The maximum atomic E-state index is 13.8. The molecule has 1 fully saturated rings. The Morgan fingerprint density at radius 2 is 2.04 bits per heavy atom. The molecule has 3 rings (SSSR count). The first kappa shape index (κ1) is 16.0. The molecule has 6 heteroatoms. The second-order valence-corrected chi connectivity index (χ2v) is 5.81. The van der Waals surface area contributed by atoms with E-state index < -0.39 is 5.82 Å². The molecule has 4 nitrogen and oxygen atoms in total. The van der Waals surface area contributed by atoms with Crippen molar-refractivity contribution in [2.45, 2.75) is 26.5 Å². The summed E-state index contributed by atoms with van der Waals surface area (Å²) in [4.78, 5) is 10.8. The summed E-state index contributed by atoms with van der Waals surface area (Å²) in [5.74, 6) is -0.103. The highest BCUT2D eigenvalue weighted by Crippen LogP contribution is 2.23. The molecule has 0 amide bonds. The van der Waals surface area contributed by atoms with Crippen LogP contribution in [0.2, 0.25) is 0 Å². The van der Waals surface area contributed by atoms with Gasteiger partial charge in [0, 0.05) is 30.9 Å². The van der Waals surface area contributed by atoms with Crippen LogP contribution in [0.15, 0.2) is 24.3 Å². The molecule has 1 aromatic carbocycles. The normalized spacial score (nSPS) is 19.0. The molecule has 1 aliphatic heterocycles. The van der Waals surface area contributed by atoms with Crippen LogP contribution in [0.25, 0.3) is 0 Å². The molecule has 2 heterocycles. The number of aromatic nitrogens is 2. The van der Waals surface area contributed by atoms with Gasteiger partial charge in [-0.05, 0) is 38.1 Å². The van der Waals surface area contributed by atoms with Crippen LogP contribution in [0.3, 0.4) is 0 Å². The predicted molar refractivity (Wildman–Crippen MR) is 81.8 cm³/mol. The number of morpholine rings is 1. The lowest BCUT2D eigenvalue weighted by atomic mass is 10.1. The van der Waals surface area contributed by atoms with E-state index in [0.717, 1.165) is 17.5 Å². The van der Waals surface area contributed by atoms with Gasteiger partial charge >= 0.3 is 0 Å². The van der Waals surface area contributed by atoms with Crippen molar-refractivity contribution in [2.24, 2.45) is 0 Å². The van der Waals surface area contributed by atoms with Gasteiger partial charge in [0.25, 0.3) is 0 Å². The van der Waals surface area contributed by atoms with Gasteiger partial charge in [-0.25, -0.2) is 18.7 Å². The maximum absolute atomic E-state index is 13.8. The van der Waals surface area contributed by atoms with E-state index in [0.29, 0.717) is 37.6 Å². The van der Waals surface area contributed by atoms with Crippen molar-refractivity contribution in [2.75, 3.05) is 19.7 Å². The SMILES string of the molecule is Cc1cc(C2CN(Cc3cc(F)ccc3F)CCO2)nc(C)n1. The zero-order valence-corrected chi connectivity index (χ0v) is 13.2. The van der Waals surface area contributed by atoms with E-state index in [9.17, 15) is 8.78 Å². The summed E-state index contributed by atoms with van der Waals surface area (Å²) in [6, 6.07) is 5.45. The predicted octanol–water partition coefficient (Wildman–Crippen LogP) is 2.95. The highest BCUT2D eigenvalue weighted by atomic mass is 19.1. The van der Waals surface area contributed by atoms with Crippen LogP contribution >= 0.6 is 0 Å². The summed E-state index contributed by atoms with van der Waals surface area (Å²) in [6.07, 6.45) is -0.180. The molecule has 2 aromatic rings. The summed E-state index contributed by atoms with van der Waals surface area (Å²) in [6.45, 7) is 5.91. The average Bonchev–Trinajstić information content (AvgIpc) is 2.50. The minimum Gasteiger partial charge on any atom is -0.369 e. The number of benzene rings is 1. The molecule has 0 spiro atoms. The zero-order valence-electron chi connectivity index (χ0n) is 13.2. The molecule has 1 aliphatic rings. The third-order valence-electron chi connectivity index (χ3n) is 3.87. The number of rotatable bonds is 3. The Balaban J connectivity index is 1.74. The highest BCUT2D eigenvalue weighted by molar-refractivity contribution is 5.19. The van der Waals surface area contributed by atoms with Crippen LogP contribution in [0.4, 0.5) is 8.78 Å². The molecule has 122 valence electrons. The molecule has 0 radical (unpaired) electrons. The minimum atomic E-state index is -0.423. The summed E-state index contributed by atoms with van der Waals surface area (Å²) < 4.78 is 32.9. The van der Waals surface area contributed by atoms with E-state index in [2.05, 4.69) is 14.9 Å². The van der Waals surface area contributed by atoms with Crippen LogP contribution in [-0.2, 0) is 11.3 Å². The molecule has 23 heavy (non-hydrogen) atoms. The molecule has 0 saturated carbocycles. The van der Waals surface area contributed by atoms with E-state index >= 15 is 0 Å². The molecule has 0 aliphatic carbocycles. The Bertz CT molecular complexity index is 688. The van der Waals surface area contributed by atoms with Crippen molar-refractivity contribution < 1.29 is 13.5 Å². The van der Waals surface area contributed by atoms with Gasteiger partial charge < -0.3 is 4.74 Å². The van der Waals surface area contributed by atoms with Crippen LogP contribution < -0.4 is 0 Å². The fraction of sp³-hybridized carbons (Fsp3) is 0.412. The zero-order chi connectivity index (χ0) is 16.4. The Hall–Kier alpha value is -1.92. The van der Waals surface area contributed by atoms with Crippen molar-refractivity contribution in [3.8, 4) is 0 Å². The van der Waals surface area contributed by atoms with Crippen LogP contribution in [0.5, 0.6) is 0 Å². The van der Waals surface area contributed by atoms with Crippen molar-refractivity contribution >= 4 is 0 Å². The fourth-order valence-corrected chi connectivity index (χ4v) is 2.84. The van der Waals surface area contributed by atoms with Gasteiger partial charge in [0.2, 0.25) is 0 Å². The number of aryl methyl sites for hydroxylation is 2. The Labute approximate surface area is 134 Å². The maximum Gasteiger partial charge on any atom is 0.127 e. The van der Waals surface area contributed by atoms with Gasteiger partial charge in [-0.2, -0.15) is 0 Å². The van der Waals surface area contributed by atoms with Gasteiger partial charge in [-0.1, -0.05) is 0 Å². The largest absolute Gasteiger partial charge is 0.369 e. The summed E-state index contributed by atoms with van der Waals surface area (Å²) in [5.41, 5.74) is 2.09. The second kappa shape index (κ2) is 6.68. The van der Waals surface area contributed by atoms with Gasteiger partial charge in [-0.15, -0.1) is 0 Å². The van der Waals surface area contributed by atoms with Crippen molar-refractivity contribution in [3.63, 3.8) is 0 Å². The lowest BCUT2D eigenvalue weighted by molar-refractivity contribution is -0.0354. The Morgan fingerprint density at radius 3 is 2.83 bits per heavy atom. The monoisotopic (exact) mass is 319 g/mol. The average molecular weight is 319 g/mol. The molecule has 1 unspecified atom stereocenters. The van der Waals surface area contributed by atoms with Crippen molar-refractivity contribution in [1.29, 1.82) is 0 Å². The van der Waals surface area contributed by atoms with Crippen molar-refractivity contribution in [1.82, 2.24) is 14.9 Å². The van der Waals surface area contributed by atoms with Crippen LogP contribution in [0, 0.1) is 25.5 Å². The van der Waals surface area contributed by atoms with Crippen molar-refractivity contribution in [3.05, 3.63) is 58.7 Å².